The number of aryl methyl sites for hydroxylation is 1. The summed E-state index contributed by atoms with van der Waals surface area (Å²) in [5, 5.41) is 5.30. The van der Waals surface area contributed by atoms with Crippen molar-refractivity contribution in [3.05, 3.63) is 41.1 Å². The van der Waals surface area contributed by atoms with E-state index >= 15 is 0 Å². The van der Waals surface area contributed by atoms with Crippen molar-refractivity contribution in [1.29, 1.82) is 0 Å². The normalized spacial score (nSPS) is 14.1. The first kappa shape index (κ1) is 10.4. The van der Waals surface area contributed by atoms with E-state index in [0.29, 0.717) is 16.8 Å². The number of hydrogen-bond acceptors (Lipinski definition) is 3. The number of carbonyl (C=O) groups excluding carboxylic acids is 2. The van der Waals surface area contributed by atoms with Crippen molar-refractivity contribution in [2.75, 3.05) is 5.32 Å². The molecule has 0 aromatic heterocycles. The molecule has 2 rings (SSSR count). The molecule has 82 valence electrons. The first-order chi connectivity index (χ1) is 7.65. The Bertz CT molecular complexity index is 504. The number of fused-ring (bicyclic) bond motifs is 1. The number of benzene rings is 1. The third-order valence-electron chi connectivity index (χ3n) is 2.51. The van der Waals surface area contributed by atoms with E-state index in [4.69, 9.17) is 0 Å². The van der Waals surface area contributed by atoms with Crippen LogP contribution in [-0.2, 0) is 0 Å². The summed E-state index contributed by atoms with van der Waals surface area (Å²) in [6, 6.07) is 3.49. The van der Waals surface area contributed by atoms with E-state index in [1.807, 2.05) is 26.0 Å². The molecule has 2 N–H and O–H groups in total. The first-order valence-corrected chi connectivity index (χ1v) is 5.02. The number of rotatable bonds is 2. The number of allylic oxidation sites excluding steroid dienone is 1. The van der Waals surface area contributed by atoms with Crippen LogP contribution in [0.5, 0.6) is 0 Å². The second-order valence-corrected chi connectivity index (χ2v) is 3.61. The van der Waals surface area contributed by atoms with Crippen LogP contribution < -0.4 is 10.6 Å². The summed E-state index contributed by atoms with van der Waals surface area (Å²) < 4.78 is 0. The van der Waals surface area contributed by atoms with Crippen molar-refractivity contribution in [3.63, 3.8) is 0 Å². The van der Waals surface area contributed by atoms with Gasteiger partial charge < -0.3 is 5.32 Å². The molecule has 4 heteroatoms. The van der Waals surface area contributed by atoms with Gasteiger partial charge in [0.1, 0.15) is 0 Å². The highest BCUT2D eigenvalue weighted by Crippen LogP contribution is 2.27. The molecule has 0 aliphatic carbocycles. The Labute approximate surface area is 93.3 Å². The molecule has 2 amide bonds. The highest BCUT2D eigenvalue weighted by Gasteiger charge is 2.29. The van der Waals surface area contributed by atoms with E-state index in [1.165, 1.54) is 0 Å². The Balaban J connectivity index is 2.59. The highest BCUT2D eigenvalue weighted by atomic mass is 16.2. The number of nitrogens with one attached hydrogen (secondary N) is 2. The van der Waals surface area contributed by atoms with Gasteiger partial charge in [0.25, 0.3) is 11.8 Å². The van der Waals surface area contributed by atoms with E-state index in [1.54, 1.807) is 12.3 Å². The molecule has 0 bridgehead atoms. The van der Waals surface area contributed by atoms with Gasteiger partial charge in [0.15, 0.2) is 0 Å². The smallest absolute Gasteiger partial charge is 0.261 e. The molecule has 4 nitrogen and oxygen atoms in total. The van der Waals surface area contributed by atoms with E-state index in [0.717, 1.165) is 5.56 Å². The van der Waals surface area contributed by atoms with Crippen molar-refractivity contribution in [2.24, 2.45) is 0 Å². The second kappa shape index (κ2) is 3.81. The lowest BCUT2D eigenvalue weighted by molar-refractivity contribution is 0.0880. The quantitative estimate of drug-likeness (QED) is 0.741. The Morgan fingerprint density at radius 3 is 2.69 bits per heavy atom. The molecule has 0 radical (unpaired) electrons. The maximum atomic E-state index is 11.6. The maximum absolute atomic E-state index is 11.6. The lowest BCUT2D eigenvalue weighted by atomic mass is 10.0. The molecule has 1 aromatic rings. The fourth-order valence-corrected chi connectivity index (χ4v) is 1.72. The summed E-state index contributed by atoms with van der Waals surface area (Å²) in [5.74, 6) is -0.667. The Morgan fingerprint density at radius 1 is 1.25 bits per heavy atom. The van der Waals surface area contributed by atoms with Crippen LogP contribution in [0.25, 0.3) is 0 Å². The largest absolute Gasteiger partial charge is 0.361 e. The van der Waals surface area contributed by atoms with Crippen LogP contribution in [-0.4, -0.2) is 11.8 Å². The summed E-state index contributed by atoms with van der Waals surface area (Å²) in [7, 11) is 0. The van der Waals surface area contributed by atoms with Gasteiger partial charge in [0, 0.05) is 0 Å². The van der Waals surface area contributed by atoms with E-state index in [9.17, 15) is 9.59 Å². The second-order valence-electron chi connectivity index (χ2n) is 3.61. The summed E-state index contributed by atoms with van der Waals surface area (Å²) >= 11 is 0. The number of hydrogen-bond donors (Lipinski definition) is 2. The summed E-state index contributed by atoms with van der Waals surface area (Å²) in [6.07, 6.45) is 3.56. The third kappa shape index (κ3) is 1.48. The fraction of sp³-hybridized carbons (Fsp3) is 0.167. The number of anilines is 1. The molecule has 1 aromatic carbocycles. The molecule has 0 fully saturated rings. The molecular weight excluding hydrogens is 204 g/mol. The molecule has 1 heterocycles. The monoisotopic (exact) mass is 216 g/mol. The highest BCUT2D eigenvalue weighted by molar-refractivity contribution is 6.24. The zero-order chi connectivity index (χ0) is 11.7. The van der Waals surface area contributed by atoms with E-state index in [-0.39, 0.29) is 11.8 Å². The van der Waals surface area contributed by atoms with Crippen molar-refractivity contribution >= 4 is 17.5 Å². The van der Waals surface area contributed by atoms with Gasteiger partial charge in [0.05, 0.1) is 16.8 Å². The third-order valence-corrected chi connectivity index (χ3v) is 2.51. The van der Waals surface area contributed by atoms with Gasteiger partial charge in [-0.25, -0.2) is 0 Å². The summed E-state index contributed by atoms with van der Waals surface area (Å²) in [4.78, 5) is 23.1. The standard InChI is InChI=1S/C12H12N2O2/c1-3-6-13-10-7(2)4-5-8-9(10)12(16)14-11(8)15/h3-6,13H,1-2H3,(H,14,15,16). The SMILES string of the molecule is CC=CNc1c(C)ccc2c1C(=O)NC2=O. The van der Waals surface area contributed by atoms with Crippen LogP contribution in [0.2, 0.25) is 0 Å². The minimum Gasteiger partial charge on any atom is -0.361 e. The van der Waals surface area contributed by atoms with E-state index in [2.05, 4.69) is 10.6 Å². The van der Waals surface area contributed by atoms with Gasteiger partial charge in [-0.3, -0.25) is 14.9 Å². The lowest BCUT2D eigenvalue weighted by Crippen LogP contribution is -2.20. The number of carbonyl (C=O) groups is 2. The van der Waals surface area contributed by atoms with Crippen molar-refractivity contribution in [2.45, 2.75) is 13.8 Å². The van der Waals surface area contributed by atoms with Crippen LogP contribution >= 0.6 is 0 Å². The van der Waals surface area contributed by atoms with Crippen molar-refractivity contribution in [3.8, 4) is 0 Å². The van der Waals surface area contributed by atoms with Crippen molar-refractivity contribution in [1.82, 2.24) is 5.32 Å². The zero-order valence-corrected chi connectivity index (χ0v) is 9.13. The summed E-state index contributed by atoms with van der Waals surface area (Å²) in [6.45, 7) is 3.76. The molecule has 1 aliphatic rings. The average molecular weight is 216 g/mol. The minimum absolute atomic E-state index is 0.330. The Morgan fingerprint density at radius 2 is 2.00 bits per heavy atom. The van der Waals surface area contributed by atoms with Crippen molar-refractivity contribution < 1.29 is 9.59 Å². The van der Waals surface area contributed by atoms with Gasteiger partial charge >= 0.3 is 0 Å². The van der Waals surface area contributed by atoms with Gasteiger partial charge in [-0.2, -0.15) is 0 Å². The maximum Gasteiger partial charge on any atom is 0.261 e. The van der Waals surface area contributed by atoms with E-state index < -0.39 is 0 Å². The molecule has 0 spiro atoms. The van der Waals surface area contributed by atoms with Crippen LogP contribution in [0.3, 0.4) is 0 Å². The Kier molecular flexibility index (Phi) is 2.48. The predicted molar refractivity (Wildman–Crippen MR) is 61.4 cm³/mol. The molecule has 16 heavy (non-hydrogen) atoms. The van der Waals surface area contributed by atoms with Gasteiger partial charge in [-0.1, -0.05) is 12.1 Å². The number of amides is 2. The van der Waals surface area contributed by atoms with Crippen LogP contribution in [0.1, 0.15) is 33.2 Å². The molecular formula is C12H12N2O2. The first-order valence-electron chi connectivity index (χ1n) is 5.02. The van der Waals surface area contributed by atoms with Gasteiger partial charge in [-0.15, -0.1) is 0 Å². The summed E-state index contributed by atoms with van der Waals surface area (Å²) in [5.41, 5.74) is 2.49. The molecule has 0 unspecified atom stereocenters. The topological polar surface area (TPSA) is 58.2 Å². The number of imide groups is 1. The molecule has 1 aliphatic heterocycles. The molecule has 0 saturated carbocycles. The average Bonchev–Trinajstić information content (AvgIpc) is 2.53. The predicted octanol–water partition coefficient (Wildman–Crippen LogP) is 1.82. The Hall–Kier alpha value is -2.10. The van der Waals surface area contributed by atoms with Crippen LogP contribution in [0, 0.1) is 6.92 Å². The molecule has 0 atom stereocenters. The van der Waals surface area contributed by atoms with Gasteiger partial charge in [0.2, 0.25) is 0 Å². The fourth-order valence-electron chi connectivity index (χ4n) is 1.72. The minimum atomic E-state index is -0.337. The van der Waals surface area contributed by atoms with Gasteiger partial charge in [-0.05, 0) is 31.7 Å². The van der Waals surface area contributed by atoms with Crippen LogP contribution in [0.4, 0.5) is 5.69 Å². The van der Waals surface area contributed by atoms with Crippen LogP contribution in [0.15, 0.2) is 24.4 Å². The lowest BCUT2D eigenvalue weighted by Gasteiger charge is -2.08. The zero-order valence-electron chi connectivity index (χ0n) is 9.13. The molecule has 0 saturated heterocycles.